The predicted molar refractivity (Wildman–Crippen MR) is 75.8 cm³/mol. The maximum Gasteiger partial charge on any atom is 0.261 e. The maximum atomic E-state index is 11.8. The Balaban J connectivity index is 1.89. The zero-order valence-corrected chi connectivity index (χ0v) is 11.6. The molecule has 104 valence electrons. The van der Waals surface area contributed by atoms with Crippen LogP contribution in [0.15, 0.2) is 35.9 Å². The molecule has 0 heterocycles. The first-order valence-corrected chi connectivity index (χ1v) is 6.81. The molecule has 0 radical (unpaired) electrons. The van der Waals surface area contributed by atoms with Gasteiger partial charge < -0.3 is 10.4 Å². The minimum atomic E-state index is -0.822. The van der Waals surface area contributed by atoms with E-state index in [9.17, 15) is 9.90 Å². The normalized spacial score (nSPS) is 16.4. The molecule has 2 N–H and O–H groups in total. The van der Waals surface area contributed by atoms with Gasteiger partial charge in [-0.05, 0) is 36.5 Å². The van der Waals surface area contributed by atoms with E-state index in [1.165, 1.54) is 0 Å². The van der Waals surface area contributed by atoms with Gasteiger partial charge in [0, 0.05) is 11.6 Å². The number of nitriles is 1. The van der Waals surface area contributed by atoms with E-state index < -0.39 is 12.0 Å². The molecule has 1 amide bonds. The maximum absolute atomic E-state index is 11.8. The van der Waals surface area contributed by atoms with Gasteiger partial charge >= 0.3 is 0 Å². The third-order valence-electron chi connectivity index (χ3n) is 3.10. The number of benzene rings is 1. The topological polar surface area (TPSA) is 73.1 Å². The number of amides is 1. The number of aliphatic hydroxyl groups is 1. The summed E-state index contributed by atoms with van der Waals surface area (Å²) in [5, 5.41) is 22.0. The smallest absolute Gasteiger partial charge is 0.261 e. The second kappa shape index (κ2) is 6.56. The molecule has 1 saturated carbocycles. The summed E-state index contributed by atoms with van der Waals surface area (Å²) in [6, 6.07) is 8.64. The number of halogens is 1. The summed E-state index contributed by atoms with van der Waals surface area (Å²) < 4.78 is 0. The Morgan fingerprint density at radius 2 is 2.15 bits per heavy atom. The quantitative estimate of drug-likeness (QED) is 0.646. The van der Waals surface area contributed by atoms with E-state index in [-0.39, 0.29) is 12.1 Å². The first kappa shape index (κ1) is 14.6. The summed E-state index contributed by atoms with van der Waals surface area (Å²) in [4.78, 5) is 11.8. The fraction of sp³-hybridized carbons (Fsp3) is 0.333. The number of aliphatic hydroxyl groups excluding tert-OH is 1. The van der Waals surface area contributed by atoms with Gasteiger partial charge in [0.15, 0.2) is 0 Å². The fourth-order valence-corrected chi connectivity index (χ4v) is 1.88. The summed E-state index contributed by atoms with van der Waals surface area (Å²) in [5.74, 6) is -0.0796. The van der Waals surface area contributed by atoms with Crippen molar-refractivity contribution in [3.8, 4) is 6.07 Å². The third-order valence-corrected chi connectivity index (χ3v) is 3.35. The molecule has 5 heteroatoms. The molecule has 1 aliphatic carbocycles. The molecule has 1 aromatic carbocycles. The minimum absolute atomic E-state index is 0.0597. The van der Waals surface area contributed by atoms with Gasteiger partial charge in [-0.1, -0.05) is 29.8 Å². The predicted octanol–water partition coefficient (Wildman–Crippen LogP) is 2.35. The average Bonchev–Trinajstić information content (AvgIpc) is 3.26. The van der Waals surface area contributed by atoms with Crippen molar-refractivity contribution in [1.82, 2.24) is 5.32 Å². The summed E-state index contributed by atoms with van der Waals surface area (Å²) in [7, 11) is 0. The number of rotatable bonds is 5. The van der Waals surface area contributed by atoms with Crippen molar-refractivity contribution < 1.29 is 9.90 Å². The van der Waals surface area contributed by atoms with E-state index in [2.05, 4.69) is 5.32 Å². The zero-order chi connectivity index (χ0) is 14.5. The number of nitrogens with one attached hydrogen (secondary N) is 1. The Morgan fingerprint density at radius 1 is 1.50 bits per heavy atom. The number of carbonyl (C=O) groups excluding carboxylic acids is 1. The fourth-order valence-electron chi connectivity index (χ4n) is 1.75. The van der Waals surface area contributed by atoms with Gasteiger partial charge in [0.1, 0.15) is 11.6 Å². The Bertz CT molecular complexity index is 556. The van der Waals surface area contributed by atoms with E-state index in [1.54, 1.807) is 30.3 Å². The Morgan fingerprint density at radius 3 is 2.70 bits per heavy atom. The summed E-state index contributed by atoms with van der Waals surface area (Å²) in [5.41, 5.74) is 0.787. The number of carbonyl (C=O) groups is 1. The molecule has 0 spiro atoms. The third kappa shape index (κ3) is 4.09. The molecule has 0 unspecified atom stereocenters. The van der Waals surface area contributed by atoms with Gasteiger partial charge in [0.2, 0.25) is 0 Å². The van der Waals surface area contributed by atoms with Gasteiger partial charge in [-0.3, -0.25) is 4.79 Å². The second-order valence-electron chi connectivity index (χ2n) is 4.81. The highest BCUT2D eigenvalue weighted by Gasteiger charge is 2.21. The molecular formula is C15H15ClN2O2. The highest BCUT2D eigenvalue weighted by Crippen LogP contribution is 2.31. The first-order chi connectivity index (χ1) is 9.60. The van der Waals surface area contributed by atoms with Crippen LogP contribution in [0.1, 0.15) is 24.5 Å². The SMILES string of the molecule is N#C/C(=C/C1CC1)C(=O)NC[C@H](O)c1ccc(Cl)cc1. The molecule has 0 saturated heterocycles. The van der Waals surface area contributed by atoms with E-state index in [4.69, 9.17) is 16.9 Å². The number of hydrogen-bond donors (Lipinski definition) is 2. The van der Waals surface area contributed by atoms with Crippen LogP contribution in [0.5, 0.6) is 0 Å². The molecule has 1 fully saturated rings. The molecule has 20 heavy (non-hydrogen) atoms. The molecule has 0 aromatic heterocycles. The lowest BCUT2D eigenvalue weighted by atomic mass is 10.1. The first-order valence-electron chi connectivity index (χ1n) is 6.44. The van der Waals surface area contributed by atoms with Crippen LogP contribution < -0.4 is 5.32 Å². The molecule has 1 aromatic rings. The lowest BCUT2D eigenvalue weighted by Crippen LogP contribution is -2.29. The summed E-state index contributed by atoms with van der Waals surface area (Å²) in [6.07, 6.45) is 2.94. The van der Waals surface area contributed by atoms with Crippen molar-refractivity contribution in [3.05, 3.63) is 46.5 Å². The van der Waals surface area contributed by atoms with Crippen molar-refractivity contribution in [2.75, 3.05) is 6.54 Å². The van der Waals surface area contributed by atoms with Crippen molar-refractivity contribution in [1.29, 1.82) is 5.26 Å². The Kier molecular flexibility index (Phi) is 4.78. The Labute approximate surface area is 122 Å². The molecule has 0 bridgehead atoms. The van der Waals surface area contributed by atoms with Crippen LogP contribution in [0.3, 0.4) is 0 Å². The van der Waals surface area contributed by atoms with Crippen LogP contribution in [-0.2, 0) is 4.79 Å². The Hall–Kier alpha value is -1.83. The summed E-state index contributed by atoms with van der Waals surface area (Å²) in [6.45, 7) is 0.0597. The summed E-state index contributed by atoms with van der Waals surface area (Å²) >= 11 is 5.76. The zero-order valence-electron chi connectivity index (χ0n) is 10.8. The van der Waals surface area contributed by atoms with Gasteiger partial charge in [0.25, 0.3) is 5.91 Å². The van der Waals surface area contributed by atoms with Gasteiger partial charge in [-0.2, -0.15) is 5.26 Å². The lowest BCUT2D eigenvalue weighted by Gasteiger charge is -2.12. The lowest BCUT2D eigenvalue weighted by molar-refractivity contribution is -0.117. The monoisotopic (exact) mass is 290 g/mol. The van der Waals surface area contributed by atoms with Crippen LogP contribution in [-0.4, -0.2) is 17.6 Å². The average molecular weight is 291 g/mol. The van der Waals surface area contributed by atoms with E-state index in [1.807, 2.05) is 6.07 Å². The largest absolute Gasteiger partial charge is 0.387 e. The number of hydrogen-bond acceptors (Lipinski definition) is 3. The molecular weight excluding hydrogens is 276 g/mol. The van der Waals surface area contributed by atoms with E-state index in [0.717, 1.165) is 12.8 Å². The van der Waals surface area contributed by atoms with Crippen molar-refractivity contribution in [3.63, 3.8) is 0 Å². The highest BCUT2D eigenvalue weighted by atomic mass is 35.5. The van der Waals surface area contributed by atoms with Crippen LogP contribution in [0, 0.1) is 17.2 Å². The van der Waals surface area contributed by atoms with Crippen LogP contribution in [0.25, 0.3) is 0 Å². The number of nitrogens with zero attached hydrogens (tertiary/aromatic N) is 1. The second-order valence-corrected chi connectivity index (χ2v) is 5.24. The van der Waals surface area contributed by atoms with Gasteiger partial charge in [-0.15, -0.1) is 0 Å². The minimum Gasteiger partial charge on any atom is -0.387 e. The molecule has 2 rings (SSSR count). The molecule has 0 aliphatic heterocycles. The molecule has 4 nitrogen and oxygen atoms in total. The van der Waals surface area contributed by atoms with Crippen LogP contribution >= 0.6 is 11.6 Å². The standard InChI is InChI=1S/C15H15ClN2O2/c16-13-5-3-11(4-6-13)14(19)9-18-15(20)12(8-17)7-10-1-2-10/h3-7,10,14,19H,1-2,9H2,(H,18,20)/b12-7-/t14-/m0/s1. The molecule has 1 atom stereocenters. The van der Waals surface area contributed by atoms with Gasteiger partial charge in [-0.25, -0.2) is 0 Å². The highest BCUT2D eigenvalue weighted by molar-refractivity contribution is 6.30. The van der Waals surface area contributed by atoms with Crippen LogP contribution in [0.2, 0.25) is 5.02 Å². The number of allylic oxidation sites excluding steroid dienone is 1. The van der Waals surface area contributed by atoms with Crippen molar-refractivity contribution in [2.24, 2.45) is 5.92 Å². The van der Waals surface area contributed by atoms with Crippen molar-refractivity contribution in [2.45, 2.75) is 18.9 Å². The van der Waals surface area contributed by atoms with Crippen LogP contribution in [0.4, 0.5) is 0 Å². The molecule has 1 aliphatic rings. The van der Waals surface area contributed by atoms with E-state index >= 15 is 0 Å². The van der Waals surface area contributed by atoms with Crippen molar-refractivity contribution >= 4 is 17.5 Å². The van der Waals surface area contributed by atoms with Gasteiger partial charge in [0.05, 0.1) is 6.10 Å². The van der Waals surface area contributed by atoms with E-state index in [0.29, 0.717) is 16.5 Å².